The molecule has 24 heavy (non-hydrogen) atoms. The van der Waals surface area contributed by atoms with Crippen molar-refractivity contribution in [2.24, 2.45) is 0 Å². The normalized spacial score (nSPS) is 12.5. The quantitative estimate of drug-likeness (QED) is 0.857. The molecule has 4 heteroatoms. The van der Waals surface area contributed by atoms with Gasteiger partial charge in [-0.2, -0.15) is 0 Å². The summed E-state index contributed by atoms with van der Waals surface area (Å²) in [4.78, 5) is 12.3. The maximum atomic E-state index is 13.7. The van der Waals surface area contributed by atoms with E-state index in [1.807, 2.05) is 25.1 Å². The number of halogens is 1. The van der Waals surface area contributed by atoms with Gasteiger partial charge in [0, 0.05) is 11.6 Å². The molecule has 0 heterocycles. The molecule has 0 saturated carbocycles. The highest BCUT2D eigenvalue weighted by molar-refractivity contribution is 5.94. The molecule has 0 saturated heterocycles. The minimum atomic E-state index is -0.539. The van der Waals surface area contributed by atoms with Crippen LogP contribution in [0.25, 0.3) is 0 Å². The Labute approximate surface area is 142 Å². The van der Waals surface area contributed by atoms with Crippen molar-refractivity contribution < 1.29 is 13.9 Å². The first-order valence-electron chi connectivity index (χ1n) is 8.03. The smallest absolute Gasteiger partial charge is 0.251 e. The summed E-state index contributed by atoms with van der Waals surface area (Å²) in [5, 5.41) is 2.94. The Hall–Kier alpha value is -2.36. The second-order valence-electron chi connectivity index (χ2n) is 6.68. The van der Waals surface area contributed by atoms with Crippen LogP contribution in [0, 0.1) is 5.82 Å². The van der Waals surface area contributed by atoms with Crippen molar-refractivity contribution in [3.8, 4) is 5.75 Å². The van der Waals surface area contributed by atoms with Crippen molar-refractivity contribution in [1.29, 1.82) is 0 Å². The van der Waals surface area contributed by atoms with Crippen molar-refractivity contribution in [2.45, 2.75) is 38.6 Å². The Bertz CT molecular complexity index is 698. The first kappa shape index (κ1) is 18.0. The number of ether oxygens (including phenoxy) is 1. The van der Waals surface area contributed by atoms with Crippen molar-refractivity contribution in [3.63, 3.8) is 0 Å². The maximum Gasteiger partial charge on any atom is 0.251 e. The number of methoxy groups -OCH3 is 1. The van der Waals surface area contributed by atoms with Crippen molar-refractivity contribution in [1.82, 2.24) is 5.32 Å². The van der Waals surface area contributed by atoms with Gasteiger partial charge in [-0.05, 0) is 42.5 Å². The number of carbonyl (C=O) groups is 1. The molecule has 0 bridgehead atoms. The number of nitrogens with one attached hydrogen (secondary N) is 1. The molecule has 1 N–H and O–H groups in total. The molecular formula is C20H24FNO2. The Kier molecular flexibility index (Phi) is 5.60. The third-order valence-corrected chi connectivity index (χ3v) is 4.16. The van der Waals surface area contributed by atoms with Gasteiger partial charge in [-0.15, -0.1) is 0 Å². The second-order valence-corrected chi connectivity index (χ2v) is 6.68. The van der Waals surface area contributed by atoms with Gasteiger partial charge < -0.3 is 10.1 Å². The molecule has 0 aliphatic carbocycles. The van der Waals surface area contributed by atoms with E-state index in [-0.39, 0.29) is 28.7 Å². The highest BCUT2D eigenvalue weighted by Crippen LogP contribution is 2.28. The molecule has 0 aromatic heterocycles. The lowest BCUT2D eigenvalue weighted by Gasteiger charge is -2.29. The molecule has 2 rings (SSSR count). The second kappa shape index (κ2) is 7.47. The van der Waals surface area contributed by atoms with Crippen LogP contribution >= 0.6 is 0 Å². The summed E-state index contributed by atoms with van der Waals surface area (Å²) in [6.07, 6.45) is 0.779. The highest BCUT2D eigenvalue weighted by atomic mass is 19.1. The summed E-state index contributed by atoms with van der Waals surface area (Å²) in [7, 11) is 1.39. The number of benzene rings is 2. The van der Waals surface area contributed by atoms with Gasteiger partial charge in [0.1, 0.15) is 0 Å². The zero-order valence-corrected chi connectivity index (χ0v) is 14.6. The van der Waals surface area contributed by atoms with Crippen LogP contribution in [0.3, 0.4) is 0 Å². The summed E-state index contributed by atoms with van der Waals surface area (Å²) < 4.78 is 18.6. The van der Waals surface area contributed by atoms with E-state index in [0.717, 1.165) is 6.42 Å². The third-order valence-electron chi connectivity index (χ3n) is 4.16. The third kappa shape index (κ3) is 4.34. The van der Waals surface area contributed by atoms with E-state index in [1.165, 1.54) is 24.8 Å². The predicted molar refractivity (Wildman–Crippen MR) is 94.0 cm³/mol. The standard InChI is InChI=1S/C20H24FNO2/c1-14(13-20(2,3)16-8-6-5-7-9-16)22-19(23)15-10-11-18(24-4)17(21)12-15/h5-12,14H,13H2,1-4H3,(H,22,23). The van der Waals surface area contributed by atoms with E-state index in [9.17, 15) is 9.18 Å². The van der Waals surface area contributed by atoms with Crippen molar-refractivity contribution in [2.75, 3.05) is 7.11 Å². The Morgan fingerprint density at radius 3 is 2.46 bits per heavy atom. The van der Waals surface area contributed by atoms with Gasteiger partial charge in [-0.25, -0.2) is 4.39 Å². The number of rotatable bonds is 6. The molecule has 1 unspecified atom stereocenters. The van der Waals surface area contributed by atoms with Gasteiger partial charge in [0.15, 0.2) is 11.6 Å². The van der Waals surface area contributed by atoms with Crippen LogP contribution < -0.4 is 10.1 Å². The van der Waals surface area contributed by atoms with E-state index in [1.54, 1.807) is 6.07 Å². The molecule has 0 spiro atoms. The molecule has 3 nitrogen and oxygen atoms in total. The fraction of sp³-hybridized carbons (Fsp3) is 0.350. The molecule has 128 valence electrons. The molecule has 2 aromatic carbocycles. The maximum absolute atomic E-state index is 13.7. The van der Waals surface area contributed by atoms with Crippen LogP contribution in [0.5, 0.6) is 5.75 Å². The van der Waals surface area contributed by atoms with Crippen LogP contribution in [0.4, 0.5) is 4.39 Å². The zero-order chi connectivity index (χ0) is 17.7. The predicted octanol–water partition coefficient (Wildman–Crippen LogP) is 4.32. The number of amides is 1. The zero-order valence-electron chi connectivity index (χ0n) is 14.6. The molecule has 1 atom stereocenters. The minimum absolute atomic E-state index is 0.0436. The molecule has 1 amide bonds. The Balaban J connectivity index is 2.02. The van der Waals surface area contributed by atoms with Crippen molar-refractivity contribution >= 4 is 5.91 Å². The molecule has 0 aliphatic heterocycles. The topological polar surface area (TPSA) is 38.3 Å². The minimum Gasteiger partial charge on any atom is -0.494 e. The summed E-state index contributed by atoms with van der Waals surface area (Å²) in [5.74, 6) is -0.694. The first-order valence-corrected chi connectivity index (χ1v) is 8.03. The largest absolute Gasteiger partial charge is 0.494 e. The highest BCUT2D eigenvalue weighted by Gasteiger charge is 2.24. The number of hydrogen-bond donors (Lipinski definition) is 1. The van der Waals surface area contributed by atoms with E-state index in [2.05, 4.69) is 31.3 Å². The van der Waals surface area contributed by atoms with Gasteiger partial charge in [0.2, 0.25) is 0 Å². The average molecular weight is 329 g/mol. The van der Waals surface area contributed by atoms with Crippen LogP contribution in [0.15, 0.2) is 48.5 Å². The number of carbonyl (C=O) groups excluding carboxylic acids is 1. The van der Waals surface area contributed by atoms with E-state index in [0.29, 0.717) is 0 Å². The van der Waals surface area contributed by atoms with E-state index in [4.69, 9.17) is 4.74 Å². The van der Waals surface area contributed by atoms with Gasteiger partial charge in [0.25, 0.3) is 5.91 Å². The van der Waals surface area contributed by atoms with Gasteiger partial charge in [-0.1, -0.05) is 44.2 Å². The lowest BCUT2D eigenvalue weighted by atomic mass is 9.79. The molecule has 2 aromatic rings. The van der Waals surface area contributed by atoms with E-state index < -0.39 is 5.82 Å². The monoisotopic (exact) mass is 329 g/mol. The van der Waals surface area contributed by atoms with Crippen LogP contribution in [0.1, 0.15) is 43.1 Å². The van der Waals surface area contributed by atoms with Gasteiger partial charge in [-0.3, -0.25) is 4.79 Å². The fourth-order valence-electron chi connectivity index (χ4n) is 2.94. The molecule has 0 radical (unpaired) electrons. The number of hydrogen-bond acceptors (Lipinski definition) is 2. The molecule has 0 fully saturated rings. The summed E-state index contributed by atoms with van der Waals surface area (Å²) >= 11 is 0. The van der Waals surface area contributed by atoms with Gasteiger partial charge in [0.05, 0.1) is 7.11 Å². The van der Waals surface area contributed by atoms with E-state index >= 15 is 0 Å². The van der Waals surface area contributed by atoms with Gasteiger partial charge >= 0.3 is 0 Å². The lowest BCUT2D eigenvalue weighted by Crippen LogP contribution is -2.37. The van der Waals surface area contributed by atoms with Crippen molar-refractivity contribution in [3.05, 3.63) is 65.5 Å². The summed E-state index contributed by atoms with van der Waals surface area (Å²) in [5.41, 5.74) is 1.44. The fourth-order valence-corrected chi connectivity index (χ4v) is 2.94. The van der Waals surface area contributed by atoms with Crippen LogP contribution in [-0.4, -0.2) is 19.1 Å². The SMILES string of the molecule is COc1ccc(C(=O)NC(C)CC(C)(C)c2ccccc2)cc1F. The summed E-state index contributed by atoms with van der Waals surface area (Å²) in [6, 6.07) is 14.4. The molecular weight excluding hydrogens is 305 g/mol. The Morgan fingerprint density at radius 2 is 1.88 bits per heavy atom. The average Bonchev–Trinajstić information content (AvgIpc) is 2.55. The van der Waals surface area contributed by atoms with Crippen LogP contribution in [-0.2, 0) is 5.41 Å². The molecule has 0 aliphatic rings. The Morgan fingerprint density at radius 1 is 1.21 bits per heavy atom. The van der Waals surface area contributed by atoms with Crippen LogP contribution in [0.2, 0.25) is 0 Å². The lowest BCUT2D eigenvalue weighted by molar-refractivity contribution is 0.0934. The first-order chi connectivity index (χ1) is 11.3. The summed E-state index contributed by atoms with van der Waals surface area (Å²) in [6.45, 7) is 6.26.